The highest BCUT2D eigenvalue weighted by Crippen LogP contribution is 2.30. The monoisotopic (exact) mass is 336 g/mol. The summed E-state index contributed by atoms with van der Waals surface area (Å²) in [4.78, 5) is 18.5. The zero-order chi connectivity index (χ0) is 17.4. The molecular weight excluding hydrogens is 300 g/mol. The second kappa shape index (κ2) is 9.90. The summed E-state index contributed by atoms with van der Waals surface area (Å²) >= 11 is 0. The van der Waals surface area contributed by atoms with Crippen LogP contribution in [0, 0.1) is 11.8 Å². The third-order valence-corrected chi connectivity index (χ3v) is 5.38. The van der Waals surface area contributed by atoms with Crippen LogP contribution in [0.15, 0.2) is 4.99 Å². The van der Waals surface area contributed by atoms with Crippen LogP contribution in [0.3, 0.4) is 0 Å². The highest BCUT2D eigenvalue weighted by molar-refractivity contribution is 5.80. The molecule has 1 saturated carbocycles. The summed E-state index contributed by atoms with van der Waals surface area (Å²) in [6.07, 6.45) is 8.34. The van der Waals surface area contributed by atoms with Crippen LogP contribution in [0.2, 0.25) is 0 Å². The van der Waals surface area contributed by atoms with E-state index in [1.807, 2.05) is 11.8 Å². The lowest BCUT2D eigenvalue weighted by Gasteiger charge is -2.26. The summed E-state index contributed by atoms with van der Waals surface area (Å²) in [6.45, 7) is 9.85. The summed E-state index contributed by atoms with van der Waals surface area (Å²) in [5.41, 5.74) is 0. The van der Waals surface area contributed by atoms with Crippen molar-refractivity contribution in [2.75, 3.05) is 26.2 Å². The standard InChI is InChI=1S/C19H36N4O/c1-4-18(24)23-12-10-17(14-23)22-19(20-5-2)21-11-9-16-8-6-7-15(3)13-16/h15-17H,4-14H2,1-3H3,(H2,20,21,22). The Labute approximate surface area is 147 Å². The maximum Gasteiger partial charge on any atom is 0.222 e. The Morgan fingerprint density at radius 1 is 1.25 bits per heavy atom. The van der Waals surface area contributed by atoms with E-state index in [1.165, 1.54) is 32.1 Å². The maximum absolute atomic E-state index is 11.8. The van der Waals surface area contributed by atoms with Gasteiger partial charge in [0.05, 0.1) is 0 Å². The van der Waals surface area contributed by atoms with Gasteiger partial charge in [0.15, 0.2) is 5.96 Å². The number of likely N-dealkylation sites (tertiary alicyclic amines) is 1. The van der Waals surface area contributed by atoms with Crippen molar-refractivity contribution in [2.45, 2.75) is 71.8 Å². The van der Waals surface area contributed by atoms with E-state index in [9.17, 15) is 4.79 Å². The van der Waals surface area contributed by atoms with Crippen molar-refractivity contribution in [1.29, 1.82) is 0 Å². The van der Waals surface area contributed by atoms with Crippen molar-refractivity contribution in [3.8, 4) is 0 Å². The first-order valence-electron chi connectivity index (χ1n) is 9.95. The van der Waals surface area contributed by atoms with Gasteiger partial charge in [-0.15, -0.1) is 0 Å². The third kappa shape index (κ3) is 5.99. The molecular formula is C19H36N4O. The normalized spacial score (nSPS) is 28.0. The fourth-order valence-corrected chi connectivity index (χ4v) is 4.02. The van der Waals surface area contributed by atoms with Gasteiger partial charge < -0.3 is 15.5 Å². The fourth-order valence-electron chi connectivity index (χ4n) is 4.02. The van der Waals surface area contributed by atoms with Gasteiger partial charge in [-0.1, -0.05) is 33.1 Å². The highest BCUT2D eigenvalue weighted by atomic mass is 16.2. The molecule has 0 aromatic carbocycles. The lowest BCUT2D eigenvalue weighted by Crippen LogP contribution is -2.45. The van der Waals surface area contributed by atoms with Gasteiger partial charge in [-0.05, 0) is 38.0 Å². The van der Waals surface area contributed by atoms with Gasteiger partial charge in [0.1, 0.15) is 0 Å². The van der Waals surface area contributed by atoms with E-state index in [2.05, 4.69) is 24.5 Å². The predicted octanol–water partition coefficient (Wildman–Crippen LogP) is 2.77. The van der Waals surface area contributed by atoms with Crippen LogP contribution in [-0.2, 0) is 4.79 Å². The van der Waals surface area contributed by atoms with Gasteiger partial charge in [0.25, 0.3) is 0 Å². The van der Waals surface area contributed by atoms with Gasteiger partial charge in [0.2, 0.25) is 5.91 Å². The molecule has 2 aliphatic rings. The van der Waals surface area contributed by atoms with E-state index in [1.54, 1.807) is 0 Å². The molecule has 0 radical (unpaired) electrons. The summed E-state index contributed by atoms with van der Waals surface area (Å²) in [7, 11) is 0. The molecule has 0 aromatic rings. The number of nitrogens with zero attached hydrogens (tertiary/aromatic N) is 2. The molecule has 24 heavy (non-hydrogen) atoms. The van der Waals surface area contributed by atoms with Crippen LogP contribution in [0.4, 0.5) is 0 Å². The molecule has 0 aromatic heterocycles. The lowest BCUT2D eigenvalue weighted by atomic mass is 9.81. The van der Waals surface area contributed by atoms with Crippen molar-refractivity contribution >= 4 is 11.9 Å². The number of carbonyl (C=O) groups excluding carboxylic acids is 1. The van der Waals surface area contributed by atoms with Crippen LogP contribution >= 0.6 is 0 Å². The summed E-state index contributed by atoms with van der Waals surface area (Å²) in [5.74, 6) is 2.91. The second-order valence-electron chi connectivity index (χ2n) is 7.51. The molecule has 0 bridgehead atoms. The molecule has 1 saturated heterocycles. The predicted molar refractivity (Wildman–Crippen MR) is 100 cm³/mol. The number of guanidine groups is 1. The van der Waals surface area contributed by atoms with Crippen molar-refractivity contribution in [3.63, 3.8) is 0 Å². The average Bonchev–Trinajstić information content (AvgIpc) is 3.03. The van der Waals surface area contributed by atoms with Gasteiger partial charge in [-0.25, -0.2) is 0 Å². The first-order valence-corrected chi connectivity index (χ1v) is 9.95. The fraction of sp³-hybridized carbons (Fsp3) is 0.895. The Morgan fingerprint density at radius 3 is 2.79 bits per heavy atom. The van der Waals surface area contributed by atoms with Crippen molar-refractivity contribution in [1.82, 2.24) is 15.5 Å². The number of aliphatic imine (C=N–C) groups is 1. The van der Waals surface area contributed by atoms with E-state index in [4.69, 9.17) is 4.99 Å². The smallest absolute Gasteiger partial charge is 0.222 e. The Kier molecular flexibility index (Phi) is 7.86. The minimum absolute atomic E-state index is 0.257. The summed E-state index contributed by atoms with van der Waals surface area (Å²) in [5, 5.41) is 6.87. The number of rotatable bonds is 6. The number of carbonyl (C=O) groups is 1. The van der Waals surface area contributed by atoms with Gasteiger partial charge in [-0.3, -0.25) is 9.79 Å². The van der Waals surface area contributed by atoms with Gasteiger partial charge >= 0.3 is 0 Å². The number of hydrogen-bond donors (Lipinski definition) is 2. The number of amides is 1. The van der Waals surface area contributed by atoms with E-state index in [0.717, 1.165) is 50.4 Å². The van der Waals surface area contributed by atoms with Crippen LogP contribution < -0.4 is 10.6 Å². The summed E-state index contributed by atoms with van der Waals surface area (Å²) in [6, 6.07) is 0.327. The molecule has 2 N–H and O–H groups in total. The Balaban J connectivity index is 1.77. The maximum atomic E-state index is 11.8. The highest BCUT2D eigenvalue weighted by Gasteiger charge is 2.25. The average molecular weight is 337 g/mol. The van der Waals surface area contributed by atoms with Gasteiger partial charge in [-0.2, -0.15) is 0 Å². The zero-order valence-corrected chi connectivity index (χ0v) is 15.8. The second-order valence-corrected chi connectivity index (χ2v) is 7.51. The molecule has 1 amide bonds. The SMILES string of the molecule is CCNC(=NCCC1CCCC(C)C1)NC1CCN(C(=O)CC)C1. The lowest BCUT2D eigenvalue weighted by molar-refractivity contribution is -0.129. The minimum Gasteiger partial charge on any atom is -0.357 e. The first-order chi connectivity index (χ1) is 11.6. The first kappa shape index (κ1) is 19.1. The molecule has 5 heteroatoms. The third-order valence-electron chi connectivity index (χ3n) is 5.38. The Bertz CT molecular complexity index is 424. The molecule has 3 unspecified atom stereocenters. The molecule has 1 heterocycles. The molecule has 3 atom stereocenters. The Morgan fingerprint density at radius 2 is 2.08 bits per heavy atom. The largest absolute Gasteiger partial charge is 0.357 e. The zero-order valence-electron chi connectivity index (χ0n) is 15.8. The van der Waals surface area contributed by atoms with E-state index >= 15 is 0 Å². The minimum atomic E-state index is 0.257. The molecule has 138 valence electrons. The molecule has 1 aliphatic heterocycles. The quantitative estimate of drug-likeness (QED) is 0.579. The Hall–Kier alpha value is -1.26. The van der Waals surface area contributed by atoms with Crippen LogP contribution in [0.25, 0.3) is 0 Å². The van der Waals surface area contributed by atoms with Crippen LogP contribution in [0.5, 0.6) is 0 Å². The molecule has 1 aliphatic carbocycles. The van der Waals surface area contributed by atoms with Crippen LogP contribution in [-0.4, -0.2) is 49.0 Å². The molecule has 0 spiro atoms. The van der Waals surface area contributed by atoms with Crippen LogP contribution in [0.1, 0.15) is 65.7 Å². The topological polar surface area (TPSA) is 56.7 Å². The summed E-state index contributed by atoms with van der Waals surface area (Å²) < 4.78 is 0. The van der Waals surface area contributed by atoms with E-state index < -0.39 is 0 Å². The number of hydrogen-bond acceptors (Lipinski definition) is 2. The van der Waals surface area contributed by atoms with Gasteiger partial charge in [0, 0.05) is 38.6 Å². The van der Waals surface area contributed by atoms with E-state index in [0.29, 0.717) is 12.5 Å². The van der Waals surface area contributed by atoms with Crippen molar-refractivity contribution < 1.29 is 4.79 Å². The number of nitrogens with one attached hydrogen (secondary N) is 2. The van der Waals surface area contributed by atoms with Crippen molar-refractivity contribution in [2.24, 2.45) is 16.8 Å². The molecule has 2 fully saturated rings. The van der Waals surface area contributed by atoms with Crippen molar-refractivity contribution in [3.05, 3.63) is 0 Å². The molecule has 5 nitrogen and oxygen atoms in total. The van der Waals surface area contributed by atoms with E-state index in [-0.39, 0.29) is 5.91 Å². The molecule has 2 rings (SSSR count).